The molecule has 0 radical (unpaired) electrons. The highest BCUT2D eigenvalue weighted by molar-refractivity contribution is 5.70. The van der Waals surface area contributed by atoms with Crippen molar-refractivity contribution in [3.63, 3.8) is 0 Å². The number of nitrogens with zero attached hydrogens (tertiary/aromatic N) is 4. The van der Waals surface area contributed by atoms with E-state index in [9.17, 15) is 0 Å². The summed E-state index contributed by atoms with van der Waals surface area (Å²) in [5.74, 6) is 1.99. The van der Waals surface area contributed by atoms with Crippen LogP contribution < -0.4 is 9.80 Å². The Labute approximate surface area is 132 Å². The van der Waals surface area contributed by atoms with Gasteiger partial charge in [0.1, 0.15) is 18.0 Å². The molecule has 4 heteroatoms. The molecule has 3 rings (SSSR count). The van der Waals surface area contributed by atoms with E-state index in [1.54, 1.807) is 6.33 Å². The minimum atomic E-state index is 0.432. The van der Waals surface area contributed by atoms with Crippen LogP contribution in [0.4, 0.5) is 17.3 Å². The van der Waals surface area contributed by atoms with Crippen molar-refractivity contribution in [1.82, 2.24) is 9.97 Å². The first-order valence-corrected chi connectivity index (χ1v) is 8.11. The normalized spacial score (nSPS) is 16.7. The van der Waals surface area contributed by atoms with Gasteiger partial charge in [-0.1, -0.05) is 31.5 Å². The average Bonchev–Trinajstić information content (AvgIpc) is 2.88. The van der Waals surface area contributed by atoms with Gasteiger partial charge in [0.05, 0.1) is 0 Å². The smallest absolute Gasteiger partial charge is 0.138 e. The lowest BCUT2D eigenvalue weighted by Crippen LogP contribution is -2.26. The van der Waals surface area contributed by atoms with Gasteiger partial charge in [0.25, 0.3) is 0 Å². The number of anilines is 3. The molecule has 0 bridgehead atoms. The van der Waals surface area contributed by atoms with Crippen LogP contribution in [-0.4, -0.2) is 29.6 Å². The third-order valence-corrected chi connectivity index (χ3v) is 4.33. The number of hydrogen-bond donors (Lipinski definition) is 0. The van der Waals surface area contributed by atoms with Gasteiger partial charge in [-0.25, -0.2) is 9.97 Å². The quantitative estimate of drug-likeness (QED) is 0.840. The molecule has 2 aromatic rings. The average molecular weight is 296 g/mol. The minimum absolute atomic E-state index is 0.432. The van der Waals surface area contributed by atoms with Gasteiger partial charge in [-0.15, -0.1) is 0 Å². The molecule has 2 heterocycles. The first kappa shape index (κ1) is 14.8. The molecule has 0 amide bonds. The van der Waals surface area contributed by atoms with E-state index in [-0.39, 0.29) is 0 Å². The largest absolute Gasteiger partial charge is 0.360 e. The van der Waals surface area contributed by atoms with Crippen LogP contribution in [-0.2, 0) is 6.42 Å². The summed E-state index contributed by atoms with van der Waals surface area (Å²) in [5, 5.41) is 0. The van der Waals surface area contributed by atoms with Crippen LogP contribution >= 0.6 is 0 Å². The molecular formula is C18H24N4. The molecule has 0 fully saturated rings. The van der Waals surface area contributed by atoms with E-state index < -0.39 is 0 Å². The molecule has 0 saturated heterocycles. The lowest BCUT2D eigenvalue weighted by atomic mass is 10.1. The fraction of sp³-hybridized carbons (Fsp3) is 0.444. The van der Waals surface area contributed by atoms with Crippen LogP contribution in [0.5, 0.6) is 0 Å². The number of fused-ring (bicyclic) bond motifs is 1. The molecule has 1 unspecified atom stereocenters. The third kappa shape index (κ3) is 2.78. The fourth-order valence-electron chi connectivity index (χ4n) is 3.10. The molecule has 1 aliphatic rings. The summed E-state index contributed by atoms with van der Waals surface area (Å²) in [6.45, 7) is 5.49. The van der Waals surface area contributed by atoms with Gasteiger partial charge in [-0.2, -0.15) is 0 Å². The van der Waals surface area contributed by atoms with Crippen molar-refractivity contribution in [3.8, 4) is 0 Å². The summed E-state index contributed by atoms with van der Waals surface area (Å²) in [6.07, 6.45) is 5.12. The number of rotatable bonds is 5. The minimum Gasteiger partial charge on any atom is -0.360 e. The van der Waals surface area contributed by atoms with Crippen molar-refractivity contribution in [2.45, 2.75) is 39.2 Å². The Morgan fingerprint density at radius 2 is 2.09 bits per heavy atom. The standard InChI is InChI=1S/C18H24N4/c1-4-5-10-21(3)17-12-18(20-13-19-17)22-14(2)11-15-8-6-7-9-16(15)22/h6-9,12-14H,4-5,10-11H2,1-3H3. The lowest BCUT2D eigenvalue weighted by molar-refractivity contribution is 0.742. The Morgan fingerprint density at radius 1 is 1.27 bits per heavy atom. The Morgan fingerprint density at radius 3 is 2.91 bits per heavy atom. The first-order chi connectivity index (χ1) is 10.7. The van der Waals surface area contributed by atoms with E-state index >= 15 is 0 Å². The second-order valence-corrected chi connectivity index (χ2v) is 6.06. The summed E-state index contributed by atoms with van der Waals surface area (Å²) in [7, 11) is 2.10. The van der Waals surface area contributed by atoms with Gasteiger partial charge >= 0.3 is 0 Å². The number of benzene rings is 1. The Kier molecular flexibility index (Phi) is 4.27. The highest BCUT2D eigenvalue weighted by Gasteiger charge is 2.27. The molecule has 0 spiro atoms. The van der Waals surface area contributed by atoms with Crippen LogP contribution in [0.25, 0.3) is 0 Å². The number of aromatic nitrogens is 2. The van der Waals surface area contributed by atoms with Gasteiger partial charge in [0.15, 0.2) is 0 Å². The van der Waals surface area contributed by atoms with Gasteiger partial charge in [-0.3, -0.25) is 0 Å². The zero-order valence-corrected chi connectivity index (χ0v) is 13.7. The highest BCUT2D eigenvalue weighted by Crippen LogP contribution is 2.37. The van der Waals surface area contributed by atoms with E-state index in [1.165, 1.54) is 24.1 Å². The van der Waals surface area contributed by atoms with Crippen LogP contribution in [0.3, 0.4) is 0 Å². The van der Waals surface area contributed by atoms with E-state index in [0.29, 0.717) is 6.04 Å². The van der Waals surface area contributed by atoms with Crippen LogP contribution in [0.1, 0.15) is 32.3 Å². The third-order valence-electron chi connectivity index (χ3n) is 4.33. The second kappa shape index (κ2) is 6.34. The summed E-state index contributed by atoms with van der Waals surface area (Å²) >= 11 is 0. The highest BCUT2D eigenvalue weighted by atomic mass is 15.3. The Bertz CT molecular complexity index is 640. The van der Waals surface area contributed by atoms with E-state index in [4.69, 9.17) is 0 Å². The maximum absolute atomic E-state index is 4.52. The van der Waals surface area contributed by atoms with E-state index in [1.807, 2.05) is 0 Å². The maximum Gasteiger partial charge on any atom is 0.138 e. The molecule has 1 aromatic carbocycles. The fourth-order valence-corrected chi connectivity index (χ4v) is 3.10. The van der Waals surface area contributed by atoms with Crippen LogP contribution in [0.15, 0.2) is 36.7 Å². The maximum atomic E-state index is 4.52. The predicted molar refractivity (Wildman–Crippen MR) is 92.0 cm³/mol. The Balaban J connectivity index is 1.89. The van der Waals surface area contributed by atoms with Gasteiger partial charge in [0, 0.05) is 31.4 Å². The topological polar surface area (TPSA) is 32.3 Å². The molecule has 1 atom stereocenters. The van der Waals surface area contributed by atoms with E-state index in [0.717, 1.165) is 24.6 Å². The molecule has 0 N–H and O–H groups in total. The number of para-hydroxylation sites is 1. The summed E-state index contributed by atoms with van der Waals surface area (Å²) < 4.78 is 0. The zero-order valence-electron chi connectivity index (χ0n) is 13.7. The van der Waals surface area contributed by atoms with Crippen molar-refractivity contribution < 1.29 is 0 Å². The zero-order chi connectivity index (χ0) is 15.5. The van der Waals surface area contributed by atoms with Crippen LogP contribution in [0, 0.1) is 0 Å². The van der Waals surface area contributed by atoms with Crippen molar-refractivity contribution >= 4 is 17.3 Å². The van der Waals surface area contributed by atoms with E-state index in [2.05, 4.69) is 71.0 Å². The van der Waals surface area contributed by atoms with Gasteiger partial charge in [0.2, 0.25) is 0 Å². The Hall–Kier alpha value is -2.10. The monoisotopic (exact) mass is 296 g/mol. The van der Waals surface area contributed by atoms with Crippen LogP contribution in [0.2, 0.25) is 0 Å². The first-order valence-electron chi connectivity index (χ1n) is 8.11. The molecule has 1 aliphatic heterocycles. The van der Waals surface area contributed by atoms with Gasteiger partial charge < -0.3 is 9.80 Å². The van der Waals surface area contributed by atoms with Gasteiger partial charge in [-0.05, 0) is 31.4 Å². The number of unbranched alkanes of at least 4 members (excludes halogenated alkanes) is 1. The van der Waals surface area contributed by atoms with Crippen molar-refractivity contribution in [2.24, 2.45) is 0 Å². The van der Waals surface area contributed by atoms with Crippen molar-refractivity contribution in [2.75, 3.05) is 23.4 Å². The SMILES string of the molecule is CCCCN(C)c1cc(N2c3ccccc3CC2C)ncn1. The molecule has 22 heavy (non-hydrogen) atoms. The molecule has 0 aliphatic carbocycles. The van der Waals surface area contributed by atoms with Crippen molar-refractivity contribution in [1.29, 1.82) is 0 Å². The lowest BCUT2D eigenvalue weighted by Gasteiger charge is -2.25. The second-order valence-electron chi connectivity index (χ2n) is 6.06. The molecule has 4 nitrogen and oxygen atoms in total. The molecule has 0 saturated carbocycles. The summed E-state index contributed by atoms with van der Waals surface area (Å²) in [5.41, 5.74) is 2.67. The molecule has 116 valence electrons. The predicted octanol–water partition coefficient (Wildman–Crippen LogP) is 3.80. The van der Waals surface area contributed by atoms with Crippen molar-refractivity contribution in [3.05, 3.63) is 42.2 Å². The molecular weight excluding hydrogens is 272 g/mol. The summed E-state index contributed by atoms with van der Waals surface area (Å²) in [4.78, 5) is 13.5. The summed E-state index contributed by atoms with van der Waals surface area (Å²) in [6, 6.07) is 11.1. The molecule has 1 aromatic heterocycles. The number of hydrogen-bond acceptors (Lipinski definition) is 4.